The minimum Gasteiger partial charge on any atom is -0.330 e. The predicted octanol–water partition coefficient (Wildman–Crippen LogP) is 2.94. The lowest BCUT2D eigenvalue weighted by molar-refractivity contribution is 0.280. The van der Waals surface area contributed by atoms with Crippen LogP contribution in [0.15, 0.2) is 0 Å². The van der Waals surface area contributed by atoms with Crippen molar-refractivity contribution in [2.45, 2.75) is 51.9 Å². The topological polar surface area (TPSA) is 26.0 Å². The maximum Gasteiger partial charge on any atom is -0.00487 e. The van der Waals surface area contributed by atoms with Crippen LogP contribution in [0.25, 0.3) is 0 Å². The third-order valence-electron chi connectivity index (χ3n) is 4.52. The van der Waals surface area contributed by atoms with E-state index in [2.05, 4.69) is 6.92 Å². The zero-order valence-corrected chi connectivity index (χ0v) is 8.89. The van der Waals surface area contributed by atoms with Crippen molar-refractivity contribution in [2.24, 2.45) is 23.0 Å². The van der Waals surface area contributed by atoms with Crippen molar-refractivity contribution in [3.05, 3.63) is 0 Å². The van der Waals surface area contributed by atoms with Gasteiger partial charge in [0.25, 0.3) is 0 Å². The second kappa shape index (κ2) is 3.61. The summed E-state index contributed by atoms with van der Waals surface area (Å²) in [4.78, 5) is 0. The summed E-state index contributed by atoms with van der Waals surface area (Å²) in [7, 11) is 0. The van der Waals surface area contributed by atoms with E-state index < -0.39 is 0 Å². The molecule has 2 aliphatic rings. The van der Waals surface area contributed by atoms with Gasteiger partial charge in [0.05, 0.1) is 0 Å². The average molecular weight is 181 g/mol. The van der Waals surface area contributed by atoms with Gasteiger partial charge in [-0.15, -0.1) is 0 Å². The van der Waals surface area contributed by atoms with Crippen LogP contribution in [0.1, 0.15) is 51.9 Å². The quantitative estimate of drug-likeness (QED) is 0.696. The Morgan fingerprint density at radius 1 is 1.15 bits per heavy atom. The normalized spacial score (nSPS) is 44.8. The molecule has 0 aliphatic heterocycles. The highest BCUT2D eigenvalue weighted by Gasteiger charge is 2.43. The summed E-state index contributed by atoms with van der Waals surface area (Å²) in [6.07, 6.45) is 10.2. The Morgan fingerprint density at radius 3 is 2.23 bits per heavy atom. The SMILES string of the molecule is CCC1CCC2(CCC(CN)C2)C1. The van der Waals surface area contributed by atoms with Crippen molar-refractivity contribution in [2.75, 3.05) is 6.54 Å². The van der Waals surface area contributed by atoms with Gasteiger partial charge in [0, 0.05) is 0 Å². The first kappa shape index (κ1) is 9.51. The molecule has 0 aromatic carbocycles. The van der Waals surface area contributed by atoms with E-state index in [1.54, 1.807) is 0 Å². The van der Waals surface area contributed by atoms with Crippen molar-refractivity contribution < 1.29 is 0 Å². The van der Waals surface area contributed by atoms with Gasteiger partial charge < -0.3 is 5.73 Å². The molecule has 2 saturated carbocycles. The fourth-order valence-electron chi connectivity index (χ4n) is 3.62. The summed E-state index contributed by atoms with van der Waals surface area (Å²) in [5, 5.41) is 0. The monoisotopic (exact) mass is 181 g/mol. The Kier molecular flexibility index (Phi) is 2.64. The molecular weight excluding hydrogens is 158 g/mol. The molecule has 76 valence electrons. The first-order valence-electron chi connectivity index (χ1n) is 5.98. The standard InChI is InChI=1S/C12H23N/c1-2-10-3-5-12(7-10)6-4-11(8-12)9-13/h10-11H,2-9,13H2,1H3. The van der Waals surface area contributed by atoms with E-state index in [0.717, 1.165) is 23.8 Å². The van der Waals surface area contributed by atoms with Crippen molar-refractivity contribution in [3.8, 4) is 0 Å². The van der Waals surface area contributed by atoms with E-state index in [1.807, 2.05) is 0 Å². The maximum atomic E-state index is 5.75. The fourth-order valence-corrected chi connectivity index (χ4v) is 3.62. The van der Waals surface area contributed by atoms with Crippen LogP contribution in [-0.2, 0) is 0 Å². The van der Waals surface area contributed by atoms with Crippen molar-refractivity contribution in [3.63, 3.8) is 0 Å². The maximum absolute atomic E-state index is 5.75. The van der Waals surface area contributed by atoms with E-state index in [9.17, 15) is 0 Å². The molecule has 0 bridgehead atoms. The number of nitrogens with two attached hydrogens (primary N) is 1. The molecule has 1 spiro atoms. The number of rotatable bonds is 2. The Labute approximate surface area is 82.1 Å². The van der Waals surface area contributed by atoms with Gasteiger partial charge in [0.1, 0.15) is 0 Å². The molecule has 2 N–H and O–H groups in total. The summed E-state index contributed by atoms with van der Waals surface area (Å²) < 4.78 is 0. The highest BCUT2D eigenvalue weighted by atomic mass is 14.6. The summed E-state index contributed by atoms with van der Waals surface area (Å²) in [6, 6.07) is 0. The first-order chi connectivity index (χ1) is 6.28. The smallest absolute Gasteiger partial charge is 0.00487 e. The Balaban J connectivity index is 1.93. The van der Waals surface area contributed by atoms with Gasteiger partial charge in [0.2, 0.25) is 0 Å². The lowest BCUT2D eigenvalue weighted by Crippen LogP contribution is -2.16. The minimum atomic E-state index is 0.755. The van der Waals surface area contributed by atoms with Gasteiger partial charge in [-0.1, -0.05) is 13.3 Å². The molecule has 1 heteroatoms. The van der Waals surface area contributed by atoms with E-state index in [4.69, 9.17) is 5.73 Å². The van der Waals surface area contributed by atoms with Gasteiger partial charge in [-0.2, -0.15) is 0 Å². The van der Waals surface area contributed by atoms with Crippen LogP contribution >= 0.6 is 0 Å². The Hall–Kier alpha value is -0.0400. The largest absolute Gasteiger partial charge is 0.330 e. The summed E-state index contributed by atoms with van der Waals surface area (Å²) in [5.41, 5.74) is 6.51. The van der Waals surface area contributed by atoms with Crippen LogP contribution in [-0.4, -0.2) is 6.54 Å². The van der Waals surface area contributed by atoms with Crippen LogP contribution in [0.4, 0.5) is 0 Å². The van der Waals surface area contributed by atoms with Gasteiger partial charge in [-0.25, -0.2) is 0 Å². The first-order valence-corrected chi connectivity index (χ1v) is 5.98. The molecule has 0 amide bonds. The van der Waals surface area contributed by atoms with E-state index in [-0.39, 0.29) is 0 Å². The van der Waals surface area contributed by atoms with Crippen LogP contribution in [0.3, 0.4) is 0 Å². The van der Waals surface area contributed by atoms with Crippen molar-refractivity contribution in [1.29, 1.82) is 0 Å². The molecule has 3 unspecified atom stereocenters. The molecule has 2 aliphatic carbocycles. The minimum absolute atomic E-state index is 0.755. The van der Waals surface area contributed by atoms with Gasteiger partial charge in [-0.05, 0) is 62.3 Å². The molecule has 0 radical (unpaired) electrons. The van der Waals surface area contributed by atoms with E-state index >= 15 is 0 Å². The van der Waals surface area contributed by atoms with Crippen molar-refractivity contribution in [1.82, 2.24) is 0 Å². The van der Waals surface area contributed by atoms with E-state index in [0.29, 0.717) is 0 Å². The Morgan fingerprint density at radius 2 is 1.77 bits per heavy atom. The molecule has 2 fully saturated rings. The molecule has 0 aromatic rings. The predicted molar refractivity (Wildman–Crippen MR) is 56.5 cm³/mol. The Bertz CT molecular complexity index is 156. The third kappa shape index (κ3) is 1.76. The second-order valence-corrected chi connectivity index (χ2v) is 5.36. The highest BCUT2D eigenvalue weighted by Crippen LogP contribution is 2.54. The summed E-state index contributed by atoms with van der Waals surface area (Å²) in [5.74, 6) is 1.90. The van der Waals surface area contributed by atoms with Crippen molar-refractivity contribution >= 4 is 0 Å². The fraction of sp³-hybridized carbons (Fsp3) is 1.00. The van der Waals surface area contributed by atoms with Gasteiger partial charge >= 0.3 is 0 Å². The lowest BCUT2D eigenvalue weighted by atomic mass is 9.82. The zero-order valence-electron chi connectivity index (χ0n) is 8.89. The second-order valence-electron chi connectivity index (χ2n) is 5.36. The molecular formula is C12H23N. The van der Waals surface area contributed by atoms with Gasteiger partial charge in [0.15, 0.2) is 0 Å². The van der Waals surface area contributed by atoms with Crippen LogP contribution < -0.4 is 5.73 Å². The van der Waals surface area contributed by atoms with E-state index in [1.165, 1.54) is 44.9 Å². The molecule has 13 heavy (non-hydrogen) atoms. The lowest BCUT2D eigenvalue weighted by Gasteiger charge is -2.23. The molecule has 0 heterocycles. The van der Waals surface area contributed by atoms with Crippen LogP contribution in [0.5, 0.6) is 0 Å². The van der Waals surface area contributed by atoms with Crippen LogP contribution in [0.2, 0.25) is 0 Å². The average Bonchev–Trinajstić information content (AvgIpc) is 2.74. The summed E-state index contributed by atoms with van der Waals surface area (Å²) >= 11 is 0. The zero-order chi connectivity index (χ0) is 9.31. The number of hydrogen-bond acceptors (Lipinski definition) is 1. The third-order valence-corrected chi connectivity index (χ3v) is 4.52. The van der Waals surface area contributed by atoms with Gasteiger partial charge in [-0.3, -0.25) is 0 Å². The van der Waals surface area contributed by atoms with Crippen LogP contribution in [0, 0.1) is 17.3 Å². The molecule has 3 atom stereocenters. The highest BCUT2D eigenvalue weighted by molar-refractivity contribution is 4.95. The molecule has 2 rings (SSSR count). The summed E-state index contributed by atoms with van der Waals surface area (Å²) in [6.45, 7) is 3.28. The molecule has 0 aromatic heterocycles. The number of hydrogen-bond donors (Lipinski definition) is 1. The molecule has 1 nitrogen and oxygen atoms in total. The molecule has 0 saturated heterocycles.